The van der Waals surface area contributed by atoms with E-state index in [-0.39, 0.29) is 30.7 Å². The van der Waals surface area contributed by atoms with Gasteiger partial charge in [0.1, 0.15) is 23.7 Å². The molecule has 2 aliphatic heterocycles. The molecule has 0 radical (unpaired) electrons. The molecule has 360 valence electrons. The lowest BCUT2D eigenvalue weighted by molar-refractivity contribution is -0.136. The number of imidazole rings is 1. The molecule has 15 heteroatoms. The first-order valence-corrected chi connectivity index (χ1v) is 23.6. The largest absolute Gasteiger partial charge is 0.453 e. The number of ether oxygens (including phenoxy) is 3. The van der Waals surface area contributed by atoms with Gasteiger partial charge in [-0.25, -0.2) is 14.6 Å². The maximum absolute atomic E-state index is 14.1. The Balaban J connectivity index is 1.14. The van der Waals surface area contributed by atoms with Crippen LogP contribution in [0.3, 0.4) is 0 Å². The fourth-order valence-electron chi connectivity index (χ4n) is 8.76. The third-order valence-corrected chi connectivity index (χ3v) is 12.5. The summed E-state index contributed by atoms with van der Waals surface area (Å²) < 4.78 is 15.2. The van der Waals surface area contributed by atoms with E-state index in [9.17, 15) is 19.2 Å². The number of terminal acetylenes is 1. The van der Waals surface area contributed by atoms with Crippen LogP contribution < -0.4 is 16.0 Å². The predicted octanol–water partition coefficient (Wildman–Crippen LogP) is 7.50. The minimum Gasteiger partial charge on any atom is -0.453 e. The summed E-state index contributed by atoms with van der Waals surface area (Å²) in [6.45, 7) is 11.3. The zero-order valence-corrected chi connectivity index (χ0v) is 39.9. The van der Waals surface area contributed by atoms with Crippen molar-refractivity contribution in [1.82, 2.24) is 35.7 Å². The lowest BCUT2D eigenvalue weighted by atomic mass is 9.90. The van der Waals surface area contributed by atoms with E-state index in [0.717, 1.165) is 59.3 Å². The number of fused-ring (bicyclic) bond motifs is 2. The number of benzene rings is 2. The highest BCUT2D eigenvalue weighted by atomic mass is 16.5. The van der Waals surface area contributed by atoms with Crippen LogP contribution in [0.1, 0.15) is 92.7 Å². The molecule has 0 bridgehead atoms. The van der Waals surface area contributed by atoms with E-state index in [4.69, 9.17) is 30.6 Å². The van der Waals surface area contributed by atoms with Crippen molar-refractivity contribution in [2.75, 3.05) is 47.1 Å². The van der Waals surface area contributed by atoms with Crippen LogP contribution in [0.25, 0.3) is 22.8 Å². The average Bonchev–Trinajstić information content (AvgIpc) is 3.82. The number of aromatic amines is 1. The van der Waals surface area contributed by atoms with E-state index in [1.807, 2.05) is 38.2 Å². The van der Waals surface area contributed by atoms with Crippen LogP contribution in [0.15, 0.2) is 84.0 Å². The van der Waals surface area contributed by atoms with Gasteiger partial charge in [0.25, 0.3) is 0 Å². The van der Waals surface area contributed by atoms with Crippen LogP contribution in [-0.2, 0) is 49.7 Å². The van der Waals surface area contributed by atoms with Gasteiger partial charge in [-0.1, -0.05) is 80.3 Å². The molecule has 4 N–H and O–H groups in total. The molecule has 4 amide bonds. The van der Waals surface area contributed by atoms with Crippen molar-refractivity contribution >= 4 is 41.5 Å². The van der Waals surface area contributed by atoms with E-state index < -0.39 is 24.3 Å². The maximum atomic E-state index is 14.1. The topological polar surface area (TPSA) is 180 Å². The predicted molar refractivity (Wildman–Crippen MR) is 265 cm³/mol. The van der Waals surface area contributed by atoms with E-state index in [1.54, 1.807) is 9.80 Å². The number of alkyl carbamates (subject to hydrolysis) is 2. The summed E-state index contributed by atoms with van der Waals surface area (Å²) >= 11 is 0. The summed E-state index contributed by atoms with van der Waals surface area (Å²) in [7, 11) is 2.56. The van der Waals surface area contributed by atoms with E-state index >= 15 is 0 Å². The number of amides is 4. The average molecular weight is 927 g/mol. The number of methoxy groups -OCH3 is 2. The number of allylic oxidation sites excluding steroid dienone is 4. The molecule has 3 heterocycles. The Morgan fingerprint density at radius 3 is 2.41 bits per heavy atom. The maximum Gasteiger partial charge on any atom is 0.407 e. The second-order valence-corrected chi connectivity index (χ2v) is 17.1. The summed E-state index contributed by atoms with van der Waals surface area (Å²) in [4.78, 5) is 69.3. The van der Waals surface area contributed by atoms with Gasteiger partial charge in [-0.15, -0.1) is 12.3 Å². The Morgan fingerprint density at radius 1 is 0.956 bits per heavy atom. The van der Waals surface area contributed by atoms with Crippen LogP contribution in [0.5, 0.6) is 0 Å². The highest BCUT2D eigenvalue weighted by Crippen LogP contribution is 2.32. The number of amidine groups is 1. The molecule has 1 saturated heterocycles. The molecule has 3 aliphatic rings. The molecule has 2 aromatic carbocycles. The molecule has 15 nitrogen and oxygen atoms in total. The third kappa shape index (κ3) is 13.4. The van der Waals surface area contributed by atoms with Crippen LogP contribution in [0, 0.1) is 18.3 Å². The summed E-state index contributed by atoms with van der Waals surface area (Å²) in [6, 6.07) is 13.5. The van der Waals surface area contributed by atoms with Gasteiger partial charge >= 0.3 is 12.2 Å². The standard InChI is InChI=1S/C53H66N8O7/c1-7-10-12-13-16-45(58-52(64)66-5)50(62)61(28-9-3)36(4)49-54-27-14-15-40-32-41(21-22-43(40)34-55-49)37-17-19-38(20-18-37)42-23-24-44-46(33-42)57-47(56-44)35-60(29-11-8-2)51(63)48(59-53(65)67-6)39-25-30-68-31-26-39/h2,7,10,12-13,17-22,32-33,39,45,48H,4,9,11,14-16,23-31,34-35H2,1,3,5-6H3,(H,54,55)(H,56,57)(H,58,64)(H,59,65)/b10-7-,13-12-/t45-,48+/m1/s1. The minimum absolute atomic E-state index is 0.0896. The summed E-state index contributed by atoms with van der Waals surface area (Å²) in [5.41, 5.74) is 9.17. The molecule has 0 spiro atoms. The summed E-state index contributed by atoms with van der Waals surface area (Å²) in [5, 5.41) is 8.92. The number of carbonyl (C=O) groups is 4. The third-order valence-electron chi connectivity index (χ3n) is 12.5. The first-order valence-electron chi connectivity index (χ1n) is 23.6. The van der Waals surface area contributed by atoms with Crippen molar-refractivity contribution in [3.8, 4) is 23.5 Å². The minimum atomic E-state index is -0.845. The number of carbonyl (C=O) groups excluding carboxylic acids is 4. The van der Waals surface area contributed by atoms with Crippen molar-refractivity contribution in [3.05, 3.63) is 113 Å². The fraction of sp³-hybridized carbons (Fsp3) is 0.434. The van der Waals surface area contributed by atoms with Gasteiger partial charge in [0.05, 0.1) is 38.7 Å². The zero-order valence-electron chi connectivity index (χ0n) is 39.9. The molecule has 6 rings (SSSR count). The smallest absolute Gasteiger partial charge is 0.407 e. The molecule has 0 unspecified atom stereocenters. The van der Waals surface area contributed by atoms with Gasteiger partial charge in [0, 0.05) is 45.0 Å². The Morgan fingerprint density at radius 2 is 1.69 bits per heavy atom. The van der Waals surface area contributed by atoms with Crippen molar-refractivity contribution < 1.29 is 33.4 Å². The Hall–Kier alpha value is -6.92. The van der Waals surface area contributed by atoms with E-state index in [2.05, 4.69) is 82.0 Å². The van der Waals surface area contributed by atoms with E-state index in [1.165, 1.54) is 25.4 Å². The number of aliphatic imine (C=N–C) groups is 1. The number of aromatic nitrogens is 2. The first kappa shape index (κ1) is 50.5. The van der Waals surface area contributed by atoms with Gasteiger partial charge in [0.2, 0.25) is 11.8 Å². The van der Waals surface area contributed by atoms with Crippen LogP contribution in [-0.4, -0.2) is 109 Å². The monoisotopic (exact) mass is 927 g/mol. The van der Waals surface area contributed by atoms with Gasteiger partial charge in [-0.2, -0.15) is 0 Å². The van der Waals surface area contributed by atoms with Gasteiger partial charge < -0.3 is 44.9 Å². The Bertz CT molecular complexity index is 2420. The molecule has 1 aliphatic carbocycles. The molecule has 2 atom stereocenters. The van der Waals surface area contributed by atoms with Crippen molar-refractivity contribution in [2.24, 2.45) is 10.9 Å². The summed E-state index contributed by atoms with van der Waals surface area (Å²) in [5.74, 6) is 3.26. The highest BCUT2D eigenvalue weighted by Gasteiger charge is 2.35. The van der Waals surface area contributed by atoms with Crippen LogP contribution in [0.2, 0.25) is 0 Å². The second-order valence-electron chi connectivity index (χ2n) is 17.1. The first-order chi connectivity index (χ1) is 33.1. The SMILES string of the molecule is C#CCCN(Cc1nc2c([nH]1)CCC(c1ccc(-c3ccc4c(c3)CCCNC(C(=C)N(CCC)C(=O)[C@@H](C/C=C\C=C/C)NC(=O)OC)=NC4)cc1)=C2)C(=O)[C@@H](NC(=O)OC)C1CCOCC1. The number of hydrogen-bond acceptors (Lipinski definition) is 10. The van der Waals surface area contributed by atoms with E-state index in [0.29, 0.717) is 82.4 Å². The lowest BCUT2D eigenvalue weighted by Gasteiger charge is -2.33. The van der Waals surface area contributed by atoms with Crippen LogP contribution in [0.4, 0.5) is 9.59 Å². The quantitative estimate of drug-likeness (QED) is 0.0743. The van der Waals surface area contributed by atoms with Crippen LogP contribution >= 0.6 is 0 Å². The zero-order chi connectivity index (χ0) is 48.4. The summed E-state index contributed by atoms with van der Waals surface area (Å²) in [6.07, 6.45) is 19.8. The number of rotatable bonds is 18. The Kier molecular flexibility index (Phi) is 18.8. The van der Waals surface area contributed by atoms with Crippen molar-refractivity contribution in [1.29, 1.82) is 0 Å². The number of H-pyrrole nitrogens is 1. The molecule has 68 heavy (non-hydrogen) atoms. The lowest BCUT2D eigenvalue weighted by Crippen LogP contribution is -2.53. The molecular weight excluding hydrogens is 861 g/mol. The number of nitrogens with zero attached hydrogens (tertiary/aromatic N) is 4. The fourth-order valence-corrected chi connectivity index (χ4v) is 8.76. The second kappa shape index (κ2) is 25.3. The highest BCUT2D eigenvalue weighted by molar-refractivity contribution is 6.02. The molecule has 1 aromatic heterocycles. The molecule has 1 fully saturated rings. The normalized spacial score (nSPS) is 15.9. The number of hydrogen-bond donors (Lipinski definition) is 4. The van der Waals surface area contributed by atoms with Gasteiger partial charge in [0.15, 0.2) is 0 Å². The number of aryl methyl sites for hydroxylation is 2. The molecule has 0 saturated carbocycles. The molecule has 3 aromatic rings. The van der Waals surface area contributed by atoms with Gasteiger partial charge in [-0.05, 0) is 104 Å². The van der Waals surface area contributed by atoms with Crippen molar-refractivity contribution in [3.63, 3.8) is 0 Å². The Labute approximate surface area is 400 Å². The van der Waals surface area contributed by atoms with Crippen molar-refractivity contribution in [2.45, 2.75) is 96.8 Å². The molecular formula is C53H66N8O7. The number of nitrogens with one attached hydrogen (secondary N) is 4. The van der Waals surface area contributed by atoms with Gasteiger partial charge in [-0.3, -0.25) is 14.6 Å².